The van der Waals surface area contributed by atoms with Crippen molar-refractivity contribution in [2.75, 3.05) is 57.4 Å². The van der Waals surface area contributed by atoms with E-state index in [0.29, 0.717) is 6.04 Å². The molecule has 0 atom stereocenters. The molecule has 22 heavy (non-hydrogen) atoms. The second-order valence-electron chi connectivity index (χ2n) is 6.40. The molecule has 2 aliphatic heterocycles. The summed E-state index contributed by atoms with van der Waals surface area (Å²) in [6.07, 6.45) is 1.85. The lowest BCUT2D eigenvalue weighted by molar-refractivity contribution is 0.103. The maximum atomic E-state index is 5.45. The Morgan fingerprint density at radius 3 is 2.55 bits per heavy atom. The molecular weight excluding hydrogens is 276 g/mol. The summed E-state index contributed by atoms with van der Waals surface area (Å²) < 4.78 is 5.45. The predicted octanol–water partition coefficient (Wildman–Crippen LogP) is 1.24. The van der Waals surface area contributed by atoms with Crippen molar-refractivity contribution in [1.29, 1.82) is 0 Å². The molecule has 3 heterocycles. The molecule has 0 unspecified atom stereocenters. The number of hydrogen-bond acceptors (Lipinski definition) is 5. The van der Waals surface area contributed by atoms with Crippen LogP contribution in [0.5, 0.6) is 0 Å². The first kappa shape index (κ1) is 15.7. The minimum absolute atomic E-state index is 0.649. The Morgan fingerprint density at radius 2 is 1.86 bits per heavy atom. The van der Waals surface area contributed by atoms with Gasteiger partial charge in [-0.15, -0.1) is 0 Å². The van der Waals surface area contributed by atoms with E-state index in [9.17, 15) is 0 Å². The Kier molecular flexibility index (Phi) is 5.28. The standard InChI is InChI=1S/C17H27N4O/c1-15(2)20-8-6-19(7-9-20)14-16-4-3-5-18-17(16)21-10-12-22-13-11-21/h3,5,15H,6-14H2,1-2H3. The molecule has 1 aromatic heterocycles. The summed E-state index contributed by atoms with van der Waals surface area (Å²) in [6.45, 7) is 13.5. The maximum absolute atomic E-state index is 5.45. The van der Waals surface area contributed by atoms with Crippen molar-refractivity contribution in [3.8, 4) is 0 Å². The summed E-state index contributed by atoms with van der Waals surface area (Å²) >= 11 is 0. The van der Waals surface area contributed by atoms with E-state index in [1.165, 1.54) is 5.56 Å². The van der Waals surface area contributed by atoms with Crippen molar-refractivity contribution in [1.82, 2.24) is 14.8 Å². The summed E-state index contributed by atoms with van der Waals surface area (Å²) in [5, 5.41) is 0. The van der Waals surface area contributed by atoms with Crippen LogP contribution in [0, 0.1) is 6.07 Å². The highest BCUT2D eigenvalue weighted by Gasteiger charge is 2.21. The second-order valence-corrected chi connectivity index (χ2v) is 6.40. The summed E-state index contributed by atoms with van der Waals surface area (Å²) in [7, 11) is 0. The zero-order valence-corrected chi connectivity index (χ0v) is 13.8. The Morgan fingerprint density at radius 1 is 1.14 bits per heavy atom. The van der Waals surface area contributed by atoms with Crippen LogP contribution in [0.3, 0.4) is 0 Å². The van der Waals surface area contributed by atoms with E-state index < -0.39 is 0 Å². The fraction of sp³-hybridized carbons (Fsp3) is 0.706. The highest BCUT2D eigenvalue weighted by atomic mass is 16.5. The number of piperazine rings is 1. The molecule has 3 rings (SSSR count). The fourth-order valence-corrected chi connectivity index (χ4v) is 3.21. The van der Waals surface area contributed by atoms with Gasteiger partial charge in [-0.3, -0.25) is 9.80 Å². The van der Waals surface area contributed by atoms with Crippen LogP contribution >= 0.6 is 0 Å². The van der Waals surface area contributed by atoms with Gasteiger partial charge in [-0.1, -0.05) is 0 Å². The van der Waals surface area contributed by atoms with Crippen molar-refractivity contribution in [3.63, 3.8) is 0 Å². The first-order valence-electron chi connectivity index (χ1n) is 8.38. The van der Waals surface area contributed by atoms with Crippen molar-refractivity contribution in [2.45, 2.75) is 26.4 Å². The van der Waals surface area contributed by atoms with Gasteiger partial charge < -0.3 is 9.64 Å². The van der Waals surface area contributed by atoms with E-state index in [1.807, 2.05) is 12.3 Å². The number of nitrogens with zero attached hydrogens (tertiary/aromatic N) is 4. The highest BCUT2D eigenvalue weighted by molar-refractivity contribution is 5.46. The third-order valence-electron chi connectivity index (χ3n) is 4.63. The van der Waals surface area contributed by atoms with E-state index in [-0.39, 0.29) is 0 Å². The molecule has 0 bridgehead atoms. The Hall–Kier alpha value is -1.17. The molecule has 0 spiro atoms. The third kappa shape index (κ3) is 3.77. The van der Waals surface area contributed by atoms with Crippen molar-refractivity contribution < 1.29 is 4.74 Å². The van der Waals surface area contributed by atoms with Crippen molar-refractivity contribution in [2.24, 2.45) is 0 Å². The van der Waals surface area contributed by atoms with Crippen LogP contribution in [-0.4, -0.2) is 73.3 Å². The predicted molar refractivity (Wildman–Crippen MR) is 88.1 cm³/mol. The second kappa shape index (κ2) is 7.40. The summed E-state index contributed by atoms with van der Waals surface area (Å²) in [4.78, 5) is 12.0. The lowest BCUT2D eigenvalue weighted by Crippen LogP contribution is -2.48. The minimum atomic E-state index is 0.649. The van der Waals surface area contributed by atoms with E-state index >= 15 is 0 Å². The van der Waals surface area contributed by atoms with Gasteiger partial charge in [-0.05, 0) is 26.0 Å². The molecular formula is C17H27N4O. The number of pyridine rings is 1. The first-order chi connectivity index (χ1) is 10.7. The zero-order chi connectivity index (χ0) is 15.4. The molecule has 2 fully saturated rings. The average Bonchev–Trinajstić information content (AvgIpc) is 2.57. The van der Waals surface area contributed by atoms with Gasteiger partial charge in [0.25, 0.3) is 0 Å². The SMILES string of the molecule is CC(C)N1CCN(Cc2[c]ccnc2N2CCOCC2)CC1. The quantitative estimate of drug-likeness (QED) is 0.836. The molecule has 2 saturated heterocycles. The Balaban J connectivity index is 1.63. The summed E-state index contributed by atoms with van der Waals surface area (Å²) in [5.41, 5.74) is 1.22. The topological polar surface area (TPSA) is 31.8 Å². The molecule has 1 radical (unpaired) electrons. The van der Waals surface area contributed by atoms with Crippen molar-refractivity contribution in [3.05, 3.63) is 23.9 Å². The van der Waals surface area contributed by atoms with Crippen molar-refractivity contribution >= 4 is 5.82 Å². The minimum Gasteiger partial charge on any atom is -0.378 e. The van der Waals surface area contributed by atoms with Gasteiger partial charge in [-0.25, -0.2) is 4.98 Å². The molecule has 0 saturated carbocycles. The van der Waals surface area contributed by atoms with Crippen LogP contribution in [0.2, 0.25) is 0 Å². The van der Waals surface area contributed by atoms with Gasteiger partial charge in [0.05, 0.1) is 13.2 Å². The third-order valence-corrected chi connectivity index (χ3v) is 4.63. The van der Waals surface area contributed by atoms with Crippen LogP contribution in [0.4, 0.5) is 5.82 Å². The zero-order valence-electron chi connectivity index (χ0n) is 13.8. The van der Waals surface area contributed by atoms with Crippen LogP contribution in [0.25, 0.3) is 0 Å². The van der Waals surface area contributed by atoms with Gasteiger partial charge in [0, 0.05) is 63.6 Å². The number of rotatable bonds is 4. The largest absolute Gasteiger partial charge is 0.378 e. The van der Waals surface area contributed by atoms with Gasteiger partial charge in [-0.2, -0.15) is 0 Å². The monoisotopic (exact) mass is 303 g/mol. The molecule has 0 N–H and O–H groups in total. The average molecular weight is 303 g/mol. The van der Waals surface area contributed by atoms with Gasteiger partial charge in [0.2, 0.25) is 0 Å². The Bertz CT molecular complexity index is 465. The first-order valence-corrected chi connectivity index (χ1v) is 8.38. The number of morpholine rings is 1. The molecule has 1 aromatic rings. The molecule has 0 amide bonds. The molecule has 121 valence electrons. The van der Waals surface area contributed by atoms with E-state index in [0.717, 1.165) is 64.8 Å². The van der Waals surface area contributed by atoms with Gasteiger partial charge in [0.15, 0.2) is 0 Å². The number of hydrogen-bond donors (Lipinski definition) is 0. The molecule has 0 aliphatic carbocycles. The van der Waals surface area contributed by atoms with Gasteiger partial charge in [0.1, 0.15) is 5.82 Å². The van der Waals surface area contributed by atoms with Crippen LogP contribution in [-0.2, 0) is 11.3 Å². The highest BCUT2D eigenvalue weighted by Crippen LogP contribution is 2.20. The lowest BCUT2D eigenvalue weighted by atomic mass is 10.2. The molecule has 5 nitrogen and oxygen atoms in total. The summed E-state index contributed by atoms with van der Waals surface area (Å²) in [5.74, 6) is 1.09. The van der Waals surface area contributed by atoms with E-state index in [4.69, 9.17) is 4.74 Å². The number of anilines is 1. The Labute approximate surface area is 133 Å². The van der Waals surface area contributed by atoms with Crippen LogP contribution in [0.1, 0.15) is 19.4 Å². The molecule has 5 heteroatoms. The molecule has 2 aliphatic rings. The smallest absolute Gasteiger partial charge is 0.133 e. The normalized spacial score (nSPS) is 21.5. The summed E-state index contributed by atoms with van der Waals surface area (Å²) in [6, 6.07) is 6.00. The number of ether oxygens (including phenoxy) is 1. The maximum Gasteiger partial charge on any atom is 0.133 e. The lowest BCUT2D eigenvalue weighted by Gasteiger charge is -2.37. The van der Waals surface area contributed by atoms with E-state index in [2.05, 4.69) is 39.6 Å². The molecule has 0 aromatic carbocycles. The number of aromatic nitrogens is 1. The van der Waals surface area contributed by atoms with Gasteiger partial charge >= 0.3 is 0 Å². The van der Waals surface area contributed by atoms with E-state index in [1.54, 1.807) is 0 Å². The van der Waals surface area contributed by atoms with Crippen LogP contribution < -0.4 is 4.90 Å². The van der Waals surface area contributed by atoms with Crippen LogP contribution in [0.15, 0.2) is 12.3 Å². The fourth-order valence-electron chi connectivity index (χ4n) is 3.21.